The van der Waals surface area contributed by atoms with Crippen molar-refractivity contribution in [3.8, 4) is 0 Å². The van der Waals surface area contributed by atoms with Crippen LogP contribution in [0.25, 0.3) is 0 Å². The van der Waals surface area contributed by atoms with Gasteiger partial charge in [0.1, 0.15) is 0 Å². The standard InChI is InChI=1S/C10H20N2/c1-5-9-8-12(7-6-11-9)10(2,3)4/h5,9,11H,1,6-8H2,2-4H3. The van der Waals surface area contributed by atoms with Gasteiger partial charge in [-0.15, -0.1) is 6.58 Å². The summed E-state index contributed by atoms with van der Waals surface area (Å²) in [6, 6.07) is 0.470. The Morgan fingerprint density at radius 3 is 2.67 bits per heavy atom. The minimum Gasteiger partial charge on any atom is -0.308 e. The molecule has 0 aromatic carbocycles. The van der Waals surface area contributed by atoms with Gasteiger partial charge >= 0.3 is 0 Å². The average molecular weight is 168 g/mol. The summed E-state index contributed by atoms with van der Waals surface area (Å²) in [7, 11) is 0. The maximum Gasteiger partial charge on any atom is 0.0376 e. The van der Waals surface area contributed by atoms with E-state index in [2.05, 4.69) is 37.6 Å². The summed E-state index contributed by atoms with van der Waals surface area (Å²) in [5.74, 6) is 0. The highest BCUT2D eigenvalue weighted by Crippen LogP contribution is 2.15. The van der Waals surface area contributed by atoms with Crippen LogP contribution in [0.1, 0.15) is 20.8 Å². The van der Waals surface area contributed by atoms with Crippen LogP contribution in [-0.2, 0) is 0 Å². The zero-order valence-corrected chi connectivity index (χ0v) is 8.43. The first-order valence-electron chi connectivity index (χ1n) is 4.65. The molecule has 0 radical (unpaired) electrons. The topological polar surface area (TPSA) is 15.3 Å². The van der Waals surface area contributed by atoms with E-state index < -0.39 is 0 Å². The number of rotatable bonds is 1. The molecular formula is C10H20N2. The van der Waals surface area contributed by atoms with Crippen molar-refractivity contribution in [3.05, 3.63) is 12.7 Å². The van der Waals surface area contributed by atoms with Crippen LogP contribution in [-0.4, -0.2) is 36.1 Å². The van der Waals surface area contributed by atoms with Crippen molar-refractivity contribution in [2.75, 3.05) is 19.6 Å². The smallest absolute Gasteiger partial charge is 0.0376 e. The molecule has 12 heavy (non-hydrogen) atoms. The van der Waals surface area contributed by atoms with Gasteiger partial charge in [-0.05, 0) is 20.8 Å². The second-order valence-corrected chi connectivity index (χ2v) is 4.41. The Morgan fingerprint density at radius 2 is 2.17 bits per heavy atom. The van der Waals surface area contributed by atoms with Crippen LogP contribution >= 0.6 is 0 Å². The predicted molar refractivity (Wildman–Crippen MR) is 53.3 cm³/mol. The summed E-state index contributed by atoms with van der Waals surface area (Å²) in [4.78, 5) is 2.50. The number of nitrogens with one attached hydrogen (secondary N) is 1. The Labute approximate surface area is 75.6 Å². The second-order valence-electron chi connectivity index (χ2n) is 4.41. The van der Waals surface area contributed by atoms with E-state index in [9.17, 15) is 0 Å². The van der Waals surface area contributed by atoms with Crippen molar-refractivity contribution >= 4 is 0 Å². The van der Waals surface area contributed by atoms with Crippen LogP contribution < -0.4 is 5.32 Å². The third kappa shape index (κ3) is 2.32. The Bertz CT molecular complexity index is 158. The Kier molecular flexibility index (Phi) is 2.91. The lowest BCUT2D eigenvalue weighted by Gasteiger charge is -2.41. The molecule has 70 valence electrons. The van der Waals surface area contributed by atoms with Gasteiger partial charge in [-0.1, -0.05) is 6.08 Å². The lowest BCUT2D eigenvalue weighted by Crippen LogP contribution is -2.55. The number of hydrogen-bond acceptors (Lipinski definition) is 2. The Morgan fingerprint density at radius 1 is 1.50 bits per heavy atom. The lowest BCUT2D eigenvalue weighted by atomic mass is 10.0. The molecule has 0 aromatic heterocycles. The van der Waals surface area contributed by atoms with Crippen molar-refractivity contribution in [1.82, 2.24) is 10.2 Å². The van der Waals surface area contributed by atoms with Gasteiger partial charge in [-0.2, -0.15) is 0 Å². The number of hydrogen-bond donors (Lipinski definition) is 1. The summed E-state index contributed by atoms with van der Waals surface area (Å²) >= 11 is 0. The first-order valence-corrected chi connectivity index (χ1v) is 4.65. The van der Waals surface area contributed by atoms with Crippen LogP contribution in [0.15, 0.2) is 12.7 Å². The molecule has 1 heterocycles. The van der Waals surface area contributed by atoms with Crippen LogP contribution in [0.2, 0.25) is 0 Å². The maximum atomic E-state index is 3.81. The summed E-state index contributed by atoms with van der Waals surface area (Å²) in [5.41, 5.74) is 0.295. The van der Waals surface area contributed by atoms with Gasteiger partial charge in [-0.3, -0.25) is 4.90 Å². The van der Waals surface area contributed by atoms with Crippen molar-refractivity contribution in [2.24, 2.45) is 0 Å². The fourth-order valence-corrected chi connectivity index (χ4v) is 1.55. The van der Waals surface area contributed by atoms with E-state index in [1.54, 1.807) is 0 Å². The molecule has 1 rings (SSSR count). The zero-order chi connectivity index (χ0) is 9.19. The summed E-state index contributed by atoms with van der Waals surface area (Å²) in [6.45, 7) is 13.9. The largest absolute Gasteiger partial charge is 0.308 e. The molecule has 0 aromatic rings. The Balaban J connectivity index is 2.51. The number of nitrogens with zero attached hydrogens (tertiary/aromatic N) is 1. The lowest BCUT2D eigenvalue weighted by molar-refractivity contribution is 0.106. The first-order chi connectivity index (χ1) is 5.54. The van der Waals surface area contributed by atoms with E-state index >= 15 is 0 Å². The van der Waals surface area contributed by atoms with Crippen LogP contribution in [0.3, 0.4) is 0 Å². The zero-order valence-electron chi connectivity index (χ0n) is 8.43. The number of piperazine rings is 1. The van der Waals surface area contributed by atoms with Gasteiger partial charge in [-0.25, -0.2) is 0 Å². The average Bonchev–Trinajstić information content (AvgIpc) is 2.03. The van der Waals surface area contributed by atoms with Gasteiger partial charge in [0.2, 0.25) is 0 Å². The molecule has 1 aliphatic rings. The van der Waals surface area contributed by atoms with E-state index in [1.165, 1.54) is 0 Å². The molecule has 1 fully saturated rings. The van der Waals surface area contributed by atoms with Crippen molar-refractivity contribution in [2.45, 2.75) is 32.4 Å². The highest BCUT2D eigenvalue weighted by molar-refractivity contribution is 4.94. The van der Waals surface area contributed by atoms with Gasteiger partial charge in [0, 0.05) is 31.2 Å². The highest BCUT2D eigenvalue weighted by atomic mass is 15.2. The molecule has 0 bridgehead atoms. The normalized spacial score (nSPS) is 27.1. The van der Waals surface area contributed by atoms with E-state index in [-0.39, 0.29) is 0 Å². The molecule has 1 saturated heterocycles. The maximum absolute atomic E-state index is 3.81. The van der Waals surface area contributed by atoms with Crippen molar-refractivity contribution in [3.63, 3.8) is 0 Å². The summed E-state index contributed by atoms with van der Waals surface area (Å²) in [5, 5.41) is 3.41. The minimum atomic E-state index is 0.295. The fourth-order valence-electron chi connectivity index (χ4n) is 1.55. The monoisotopic (exact) mass is 168 g/mol. The first kappa shape index (κ1) is 9.75. The third-order valence-electron chi connectivity index (χ3n) is 2.44. The molecular weight excluding hydrogens is 148 g/mol. The molecule has 2 heteroatoms. The molecule has 1 atom stereocenters. The third-order valence-corrected chi connectivity index (χ3v) is 2.44. The van der Waals surface area contributed by atoms with Gasteiger partial charge in [0.05, 0.1) is 0 Å². The highest BCUT2D eigenvalue weighted by Gasteiger charge is 2.25. The molecule has 0 aliphatic carbocycles. The molecule has 1 N–H and O–H groups in total. The van der Waals surface area contributed by atoms with Gasteiger partial charge in [0.25, 0.3) is 0 Å². The van der Waals surface area contributed by atoms with E-state index in [0.29, 0.717) is 11.6 Å². The molecule has 1 aliphatic heterocycles. The van der Waals surface area contributed by atoms with Crippen molar-refractivity contribution in [1.29, 1.82) is 0 Å². The quantitative estimate of drug-likeness (QED) is 0.593. The predicted octanol–water partition coefficient (Wildman–Crippen LogP) is 1.24. The Hall–Kier alpha value is -0.340. The SMILES string of the molecule is C=CC1CN(C(C)(C)C)CCN1. The fraction of sp³-hybridized carbons (Fsp3) is 0.800. The molecule has 0 spiro atoms. The van der Waals surface area contributed by atoms with Crippen LogP contribution in [0.5, 0.6) is 0 Å². The van der Waals surface area contributed by atoms with Crippen LogP contribution in [0.4, 0.5) is 0 Å². The molecule has 1 unspecified atom stereocenters. The van der Waals surface area contributed by atoms with Crippen molar-refractivity contribution < 1.29 is 0 Å². The minimum absolute atomic E-state index is 0.295. The summed E-state index contributed by atoms with van der Waals surface area (Å²) in [6.07, 6.45) is 2.00. The van der Waals surface area contributed by atoms with Gasteiger partial charge < -0.3 is 5.32 Å². The molecule has 0 amide bonds. The molecule has 2 nitrogen and oxygen atoms in total. The van der Waals surface area contributed by atoms with E-state index in [4.69, 9.17) is 0 Å². The second kappa shape index (κ2) is 3.58. The van der Waals surface area contributed by atoms with Crippen LogP contribution in [0, 0.1) is 0 Å². The van der Waals surface area contributed by atoms with E-state index in [1.807, 2.05) is 6.08 Å². The summed E-state index contributed by atoms with van der Waals surface area (Å²) < 4.78 is 0. The molecule has 0 saturated carbocycles. The van der Waals surface area contributed by atoms with Gasteiger partial charge in [0.15, 0.2) is 0 Å². The van der Waals surface area contributed by atoms with E-state index in [0.717, 1.165) is 19.6 Å².